The molecule has 0 aliphatic carbocycles. The van der Waals surface area contributed by atoms with Crippen LogP contribution in [0.25, 0.3) is 4.85 Å². The fourth-order valence-corrected chi connectivity index (χ4v) is 3.57. The maximum atomic E-state index is 14.3. The fourth-order valence-electron chi connectivity index (χ4n) is 2.96. The van der Waals surface area contributed by atoms with Gasteiger partial charge in [0.2, 0.25) is 11.4 Å². The van der Waals surface area contributed by atoms with Gasteiger partial charge in [0.25, 0.3) is 11.1 Å². The van der Waals surface area contributed by atoms with Crippen LogP contribution in [0.1, 0.15) is 22.8 Å². The number of benzene rings is 1. The topological polar surface area (TPSA) is 94.2 Å². The molecule has 1 aromatic carbocycles. The Balaban J connectivity index is 2.26. The zero-order valence-electron chi connectivity index (χ0n) is 17.6. The fraction of sp³-hybridized carbons (Fsp3) is 0.250. The van der Waals surface area contributed by atoms with E-state index in [1.807, 2.05) is 0 Å². The van der Waals surface area contributed by atoms with E-state index >= 15 is 0 Å². The third-order valence-corrected chi connectivity index (χ3v) is 5.47. The minimum Gasteiger partial charge on any atom is -0.449 e. The zero-order chi connectivity index (χ0) is 26.3. The normalized spacial score (nSPS) is 11.9. The Morgan fingerprint density at radius 2 is 1.89 bits per heavy atom. The van der Waals surface area contributed by atoms with Gasteiger partial charge >= 0.3 is 12.1 Å². The number of aromatic amines is 1. The molecule has 8 nitrogen and oxygen atoms in total. The van der Waals surface area contributed by atoms with E-state index in [2.05, 4.69) is 35.7 Å². The van der Waals surface area contributed by atoms with Gasteiger partial charge in [-0.15, -0.1) is 0 Å². The standard InChI is InChI=1S/C20H12BrClF5N5O3/c1-8-11(17(33)31-9(2)30-8)6-32-7-29-16(19(23,24)20(25,26)27)15(18(32)34)35-13-5-10(21)4-12(28-3)14(13)22/h4-5,7H,6H2,1-2H3,(H,30,31,33). The first kappa shape index (κ1) is 26.3. The molecule has 0 amide bonds. The van der Waals surface area contributed by atoms with Crippen molar-refractivity contribution in [2.75, 3.05) is 0 Å². The van der Waals surface area contributed by atoms with Gasteiger partial charge in [0.05, 0.1) is 30.0 Å². The van der Waals surface area contributed by atoms with Crippen LogP contribution in [0.15, 0.2) is 32.5 Å². The van der Waals surface area contributed by atoms with E-state index in [0.29, 0.717) is 10.9 Å². The van der Waals surface area contributed by atoms with Crippen LogP contribution in [0.3, 0.4) is 0 Å². The third kappa shape index (κ3) is 5.06. The van der Waals surface area contributed by atoms with E-state index in [0.717, 1.165) is 6.07 Å². The van der Waals surface area contributed by atoms with Gasteiger partial charge in [-0.3, -0.25) is 14.2 Å². The van der Waals surface area contributed by atoms with Crippen LogP contribution in [0, 0.1) is 20.4 Å². The van der Waals surface area contributed by atoms with Crippen molar-refractivity contribution in [1.29, 1.82) is 0 Å². The molecule has 0 saturated heterocycles. The highest BCUT2D eigenvalue weighted by Crippen LogP contribution is 2.47. The summed E-state index contributed by atoms with van der Waals surface area (Å²) in [5.41, 5.74) is -4.21. The molecule has 0 aliphatic rings. The van der Waals surface area contributed by atoms with Crippen LogP contribution in [-0.4, -0.2) is 25.7 Å². The van der Waals surface area contributed by atoms with Gasteiger partial charge in [-0.05, 0) is 26.0 Å². The number of halogens is 7. The van der Waals surface area contributed by atoms with Crippen LogP contribution in [0.4, 0.5) is 27.6 Å². The molecular formula is C20H12BrClF5N5O3. The number of aryl methyl sites for hydroxylation is 2. The maximum Gasteiger partial charge on any atom is 0.459 e. The van der Waals surface area contributed by atoms with Gasteiger partial charge in [-0.1, -0.05) is 27.5 Å². The monoisotopic (exact) mass is 579 g/mol. The lowest BCUT2D eigenvalue weighted by Crippen LogP contribution is -2.38. The van der Waals surface area contributed by atoms with Crippen LogP contribution in [0.2, 0.25) is 5.02 Å². The molecule has 3 aromatic rings. The predicted molar refractivity (Wildman–Crippen MR) is 117 cm³/mol. The van der Waals surface area contributed by atoms with E-state index in [4.69, 9.17) is 22.9 Å². The number of rotatable bonds is 5. The maximum absolute atomic E-state index is 14.3. The van der Waals surface area contributed by atoms with Crippen LogP contribution in [-0.2, 0) is 12.5 Å². The van der Waals surface area contributed by atoms with Crippen molar-refractivity contribution in [1.82, 2.24) is 19.5 Å². The molecule has 0 atom stereocenters. The minimum absolute atomic E-state index is 0.0587. The van der Waals surface area contributed by atoms with Crippen molar-refractivity contribution in [3.05, 3.63) is 82.9 Å². The molecule has 184 valence electrons. The number of hydrogen-bond acceptors (Lipinski definition) is 5. The number of aromatic nitrogens is 4. The van der Waals surface area contributed by atoms with E-state index in [1.54, 1.807) is 0 Å². The van der Waals surface area contributed by atoms with Crippen LogP contribution in [0.5, 0.6) is 11.5 Å². The molecule has 1 N–H and O–H groups in total. The highest BCUT2D eigenvalue weighted by Gasteiger charge is 2.62. The largest absolute Gasteiger partial charge is 0.459 e. The Hall–Kier alpha value is -3.31. The number of hydrogen-bond donors (Lipinski definition) is 1. The van der Waals surface area contributed by atoms with Crippen molar-refractivity contribution < 1.29 is 26.7 Å². The number of ether oxygens (including phenoxy) is 1. The summed E-state index contributed by atoms with van der Waals surface area (Å²) in [5, 5.41) is -0.436. The molecular weight excluding hydrogens is 569 g/mol. The lowest BCUT2D eigenvalue weighted by molar-refractivity contribution is -0.291. The summed E-state index contributed by atoms with van der Waals surface area (Å²) in [5.74, 6) is -7.35. The first-order valence-electron chi connectivity index (χ1n) is 9.32. The Kier molecular flexibility index (Phi) is 7.05. The highest BCUT2D eigenvalue weighted by atomic mass is 79.9. The molecule has 0 saturated carbocycles. The summed E-state index contributed by atoms with van der Waals surface area (Å²) in [6.45, 7) is 9.51. The Bertz CT molecular complexity index is 1480. The van der Waals surface area contributed by atoms with E-state index in [1.165, 1.54) is 19.9 Å². The lowest BCUT2D eigenvalue weighted by Gasteiger charge is -2.22. The predicted octanol–water partition coefficient (Wildman–Crippen LogP) is 5.40. The van der Waals surface area contributed by atoms with Gasteiger partial charge in [0.1, 0.15) is 11.6 Å². The first-order valence-corrected chi connectivity index (χ1v) is 10.5. The summed E-state index contributed by atoms with van der Waals surface area (Å²) in [6, 6.07) is 2.32. The Labute approximate surface area is 206 Å². The first-order chi connectivity index (χ1) is 16.2. The summed E-state index contributed by atoms with van der Waals surface area (Å²) in [7, 11) is 0. The second-order valence-corrected chi connectivity index (χ2v) is 8.39. The highest BCUT2D eigenvalue weighted by molar-refractivity contribution is 9.10. The summed E-state index contributed by atoms with van der Waals surface area (Å²) < 4.78 is 73.9. The van der Waals surface area contributed by atoms with Crippen molar-refractivity contribution >= 4 is 33.2 Å². The second kappa shape index (κ2) is 9.38. The summed E-state index contributed by atoms with van der Waals surface area (Å²) in [6.07, 6.45) is -5.68. The van der Waals surface area contributed by atoms with Crippen LogP contribution >= 0.6 is 27.5 Å². The van der Waals surface area contributed by atoms with Gasteiger partial charge in [0, 0.05) is 10.2 Å². The molecule has 15 heteroatoms. The number of H-pyrrole nitrogens is 1. The van der Waals surface area contributed by atoms with Crippen molar-refractivity contribution in [3.8, 4) is 11.5 Å². The molecule has 0 spiro atoms. The quantitative estimate of drug-likeness (QED) is 0.322. The van der Waals surface area contributed by atoms with Crippen molar-refractivity contribution in [2.24, 2.45) is 0 Å². The molecule has 0 unspecified atom stereocenters. The minimum atomic E-state index is -6.12. The average Bonchev–Trinajstić information content (AvgIpc) is 2.74. The molecule has 2 aromatic heterocycles. The Morgan fingerprint density at radius 1 is 1.23 bits per heavy atom. The number of nitrogens with one attached hydrogen (secondary N) is 1. The SMILES string of the molecule is [C-]#[N+]c1cc(Br)cc(Oc2c(C(F)(F)C(F)(F)F)ncn(Cc3c(C)nc(C)[nH]c3=O)c2=O)c1Cl. The third-order valence-electron chi connectivity index (χ3n) is 4.64. The molecule has 0 fully saturated rings. The summed E-state index contributed by atoms with van der Waals surface area (Å²) in [4.78, 5) is 38.0. The van der Waals surface area contributed by atoms with Gasteiger partial charge in [-0.25, -0.2) is 14.8 Å². The van der Waals surface area contributed by atoms with Gasteiger partial charge in [0.15, 0.2) is 5.69 Å². The molecule has 35 heavy (non-hydrogen) atoms. The van der Waals surface area contributed by atoms with Gasteiger partial charge in [-0.2, -0.15) is 22.0 Å². The molecule has 2 heterocycles. The van der Waals surface area contributed by atoms with E-state index < -0.39 is 52.0 Å². The second-order valence-electron chi connectivity index (χ2n) is 7.09. The van der Waals surface area contributed by atoms with E-state index in [9.17, 15) is 31.5 Å². The lowest BCUT2D eigenvalue weighted by atomic mass is 10.2. The molecule has 3 rings (SSSR count). The summed E-state index contributed by atoms with van der Waals surface area (Å²) >= 11 is 9.05. The van der Waals surface area contributed by atoms with Gasteiger partial charge < -0.3 is 9.72 Å². The Morgan fingerprint density at radius 3 is 2.46 bits per heavy atom. The van der Waals surface area contributed by atoms with Crippen molar-refractivity contribution in [2.45, 2.75) is 32.5 Å². The van der Waals surface area contributed by atoms with Crippen LogP contribution < -0.4 is 15.9 Å². The average molecular weight is 581 g/mol. The number of nitrogens with zero attached hydrogens (tertiary/aromatic N) is 4. The molecule has 0 aliphatic heterocycles. The number of alkyl halides is 5. The van der Waals surface area contributed by atoms with Crippen molar-refractivity contribution in [3.63, 3.8) is 0 Å². The molecule has 0 bridgehead atoms. The van der Waals surface area contributed by atoms with E-state index in [-0.39, 0.29) is 27.2 Å². The molecule has 0 radical (unpaired) electrons. The zero-order valence-corrected chi connectivity index (χ0v) is 19.9. The smallest absolute Gasteiger partial charge is 0.449 e.